The molecule has 22 heavy (non-hydrogen) atoms. The van der Waals surface area contributed by atoms with Gasteiger partial charge in [0.2, 0.25) is 0 Å². The first-order chi connectivity index (χ1) is 10.4. The lowest BCUT2D eigenvalue weighted by molar-refractivity contribution is -0.386. The molecule has 8 nitrogen and oxygen atoms in total. The monoisotopic (exact) mass is 305 g/mol. The predicted octanol–water partition coefficient (Wildman–Crippen LogP) is 2.61. The van der Waals surface area contributed by atoms with Gasteiger partial charge in [0.15, 0.2) is 17.7 Å². The molecule has 116 valence electrons. The van der Waals surface area contributed by atoms with Gasteiger partial charge >= 0.3 is 5.69 Å². The number of hydrogen-bond donors (Lipinski definition) is 1. The minimum absolute atomic E-state index is 0.0454. The fourth-order valence-electron chi connectivity index (χ4n) is 1.76. The van der Waals surface area contributed by atoms with E-state index >= 15 is 0 Å². The van der Waals surface area contributed by atoms with Gasteiger partial charge in [0, 0.05) is 12.1 Å². The van der Waals surface area contributed by atoms with Crippen LogP contribution in [0, 0.1) is 24.0 Å². The number of nitro groups is 1. The number of nitrogens with zero attached hydrogens (tertiary/aromatic N) is 2. The van der Waals surface area contributed by atoms with E-state index in [1.807, 2.05) is 0 Å². The first-order valence-electron chi connectivity index (χ1n) is 6.52. The van der Waals surface area contributed by atoms with Crippen molar-refractivity contribution in [3.8, 4) is 5.75 Å². The van der Waals surface area contributed by atoms with Crippen molar-refractivity contribution >= 4 is 17.4 Å². The Morgan fingerprint density at radius 2 is 2.14 bits per heavy atom. The van der Waals surface area contributed by atoms with E-state index in [2.05, 4.69) is 10.5 Å². The van der Waals surface area contributed by atoms with Crippen molar-refractivity contribution in [2.45, 2.75) is 26.9 Å². The molecule has 0 aliphatic carbocycles. The summed E-state index contributed by atoms with van der Waals surface area (Å²) in [6, 6.07) is 6.02. The Morgan fingerprint density at radius 1 is 1.41 bits per heavy atom. The number of ether oxygens (including phenoxy) is 1. The summed E-state index contributed by atoms with van der Waals surface area (Å²) < 4.78 is 10.3. The third kappa shape index (κ3) is 3.60. The molecule has 1 aromatic heterocycles. The van der Waals surface area contributed by atoms with E-state index in [4.69, 9.17) is 9.26 Å². The van der Waals surface area contributed by atoms with Crippen LogP contribution < -0.4 is 10.1 Å². The molecule has 0 spiro atoms. The van der Waals surface area contributed by atoms with Gasteiger partial charge in [0.1, 0.15) is 5.76 Å². The van der Waals surface area contributed by atoms with Crippen molar-refractivity contribution in [3.05, 3.63) is 45.7 Å². The molecule has 1 heterocycles. The third-order valence-corrected chi connectivity index (χ3v) is 2.86. The van der Waals surface area contributed by atoms with E-state index in [0.29, 0.717) is 5.76 Å². The molecule has 1 N–H and O–H groups in total. The molecule has 0 unspecified atom stereocenters. The Hall–Kier alpha value is -2.90. The van der Waals surface area contributed by atoms with Gasteiger partial charge in [-0.15, -0.1) is 0 Å². The Labute approximate surface area is 126 Å². The van der Waals surface area contributed by atoms with Gasteiger partial charge in [-0.1, -0.05) is 11.2 Å². The summed E-state index contributed by atoms with van der Waals surface area (Å²) in [5, 5.41) is 17.1. The lowest BCUT2D eigenvalue weighted by Crippen LogP contribution is -2.30. The predicted molar refractivity (Wildman–Crippen MR) is 77.8 cm³/mol. The van der Waals surface area contributed by atoms with Crippen molar-refractivity contribution in [1.29, 1.82) is 0 Å². The highest BCUT2D eigenvalue weighted by Crippen LogP contribution is 2.28. The van der Waals surface area contributed by atoms with Crippen molar-refractivity contribution < 1.29 is 19.0 Å². The molecule has 0 aliphatic rings. The smallest absolute Gasteiger partial charge is 0.310 e. The molecule has 1 amide bonds. The van der Waals surface area contributed by atoms with Crippen LogP contribution in [-0.4, -0.2) is 22.1 Å². The number of nitro benzene ring substituents is 1. The van der Waals surface area contributed by atoms with Crippen molar-refractivity contribution in [2.75, 3.05) is 5.32 Å². The molecule has 0 saturated carbocycles. The zero-order valence-corrected chi connectivity index (χ0v) is 12.3. The van der Waals surface area contributed by atoms with Crippen molar-refractivity contribution in [3.63, 3.8) is 0 Å². The average Bonchev–Trinajstić information content (AvgIpc) is 2.83. The third-order valence-electron chi connectivity index (χ3n) is 2.86. The topological polar surface area (TPSA) is 108 Å². The molecule has 0 saturated heterocycles. The molecule has 2 rings (SSSR count). The van der Waals surface area contributed by atoms with Gasteiger partial charge in [0.25, 0.3) is 5.91 Å². The fraction of sp³-hybridized carbons (Fsp3) is 0.286. The number of aromatic nitrogens is 1. The number of anilines is 1. The highest BCUT2D eigenvalue weighted by atomic mass is 16.6. The minimum Gasteiger partial charge on any atom is -0.474 e. The van der Waals surface area contributed by atoms with Crippen LogP contribution in [0.25, 0.3) is 0 Å². The SMILES string of the molecule is Cc1ccc([N+](=O)[O-])c(O[C@H](C)C(=O)Nc2cc(C)on2)c1. The molecule has 1 aromatic carbocycles. The number of benzene rings is 1. The number of amides is 1. The van der Waals surface area contributed by atoms with Crippen LogP contribution in [-0.2, 0) is 4.79 Å². The molecule has 8 heteroatoms. The van der Waals surface area contributed by atoms with Gasteiger partial charge in [-0.2, -0.15) is 0 Å². The first kappa shape index (κ1) is 15.5. The molecule has 1 atom stereocenters. The number of nitrogens with one attached hydrogen (secondary N) is 1. The van der Waals surface area contributed by atoms with Gasteiger partial charge in [-0.25, -0.2) is 0 Å². The number of rotatable bonds is 5. The minimum atomic E-state index is -0.933. The largest absolute Gasteiger partial charge is 0.474 e. The highest BCUT2D eigenvalue weighted by molar-refractivity contribution is 5.93. The Kier molecular flexibility index (Phi) is 4.40. The van der Waals surface area contributed by atoms with Crippen LogP contribution in [0.3, 0.4) is 0 Å². The second-order valence-electron chi connectivity index (χ2n) is 4.80. The highest BCUT2D eigenvalue weighted by Gasteiger charge is 2.22. The van der Waals surface area contributed by atoms with Crippen LogP contribution >= 0.6 is 0 Å². The summed E-state index contributed by atoms with van der Waals surface area (Å²) in [6.45, 7) is 4.96. The first-order valence-corrected chi connectivity index (χ1v) is 6.52. The zero-order valence-electron chi connectivity index (χ0n) is 12.3. The van der Waals surface area contributed by atoms with Crippen molar-refractivity contribution in [1.82, 2.24) is 5.16 Å². The maximum atomic E-state index is 12.0. The quantitative estimate of drug-likeness (QED) is 0.672. The number of carbonyl (C=O) groups excluding carboxylic acids is 1. The van der Waals surface area contributed by atoms with Gasteiger partial charge in [-0.05, 0) is 32.4 Å². The average molecular weight is 305 g/mol. The van der Waals surface area contributed by atoms with Crippen LogP contribution in [0.1, 0.15) is 18.2 Å². The summed E-state index contributed by atoms with van der Waals surface area (Å²) in [5.74, 6) is 0.378. The Morgan fingerprint density at radius 3 is 2.73 bits per heavy atom. The summed E-state index contributed by atoms with van der Waals surface area (Å²) in [7, 11) is 0. The molecule has 0 aliphatic heterocycles. The normalized spacial score (nSPS) is 11.8. The summed E-state index contributed by atoms with van der Waals surface area (Å²) in [5.41, 5.74) is 0.600. The van der Waals surface area contributed by atoms with Crippen LogP contribution in [0.2, 0.25) is 0 Å². The molecule has 0 fully saturated rings. The van der Waals surface area contributed by atoms with E-state index in [0.717, 1.165) is 5.56 Å². The Bertz CT molecular complexity index is 710. The van der Waals surface area contributed by atoms with E-state index in [9.17, 15) is 14.9 Å². The summed E-state index contributed by atoms with van der Waals surface area (Å²) in [4.78, 5) is 22.4. The standard InChI is InChI=1S/C14H15N3O5/c1-8-4-5-11(17(19)20)12(6-8)21-10(3)14(18)15-13-7-9(2)22-16-13/h4-7,10H,1-3H3,(H,15,16,18)/t10-/m1/s1. The lowest BCUT2D eigenvalue weighted by atomic mass is 10.2. The summed E-state index contributed by atoms with van der Waals surface area (Å²) >= 11 is 0. The van der Waals surface area contributed by atoms with E-state index < -0.39 is 16.9 Å². The van der Waals surface area contributed by atoms with Gasteiger partial charge in [-0.3, -0.25) is 14.9 Å². The van der Waals surface area contributed by atoms with Crippen LogP contribution in [0.5, 0.6) is 5.75 Å². The second kappa shape index (κ2) is 6.25. The zero-order chi connectivity index (χ0) is 16.3. The van der Waals surface area contributed by atoms with E-state index in [-0.39, 0.29) is 17.3 Å². The van der Waals surface area contributed by atoms with Gasteiger partial charge in [0.05, 0.1) is 4.92 Å². The summed E-state index contributed by atoms with van der Waals surface area (Å²) in [6.07, 6.45) is -0.933. The molecular formula is C14H15N3O5. The maximum Gasteiger partial charge on any atom is 0.310 e. The van der Waals surface area contributed by atoms with Crippen LogP contribution in [0.15, 0.2) is 28.8 Å². The van der Waals surface area contributed by atoms with Crippen molar-refractivity contribution in [2.24, 2.45) is 0 Å². The van der Waals surface area contributed by atoms with Gasteiger partial charge < -0.3 is 14.6 Å². The Balaban J connectivity index is 2.11. The van der Waals surface area contributed by atoms with E-state index in [1.54, 1.807) is 26.0 Å². The number of carbonyl (C=O) groups is 1. The molecular weight excluding hydrogens is 290 g/mol. The number of hydrogen-bond acceptors (Lipinski definition) is 6. The number of aryl methyl sites for hydroxylation is 2. The lowest BCUT2D eigenvalue weighted by Gasteiger charge is -2.14. The molecule has 0 radical (unpaired) electrons. The molecule has 0 bridgehead atoms. The maximum absolute atomic E-state index is 12.0. The van der Waals surface area contributed by atoms with E-state index in [1.165, 1.54) is 19.1 Å². The second-order valence-corrected chi connectivity index (χ2v) is 4.80. The molecule has 2 aromatic rings. The van der Waals surface area contributed by atoms with Crippen LogP contribution in [0.4, 0.5) is 11.5 Å². The fourth-order valence-corrected chi connectivity index (χ4v) is 1.76.